The topological polar surface area (TPSA) is 75.7 Å². The van der Waals surface area contributed by atoms with Gasteiger partial charge in [0.05, 0.1) is 11.4 Å². The number of imidazole rings is 1. The van der Waals surface area contributed by atoms with Gasteiger partial charge in [0.15, 0.2) is 0 Å². The summed E-state index contributed by atoms with van der Waals surface area (Å²) in [6.45, 7) is 5.41. The average molecular weight is 450 g/mol. The molecule has 3 aromatic heterocycles. The number of amides is 1. The third-order valence-corrected chi connectivity index (χ3v) is 7.00. The van der Waals surface area contributed by atoms with Crippen molar-refractivity contribution in [3.05, 3.63) is 64.6 Å². The van der Waals surface area contributed by atoms with Crippen molar-refractivity contribution >= 4 is 33.7 Å². The summed E-state index contributed by atoms with van der Waals surface area (Å²) in [5.74, 6) is 1.73. The minimum Gasteiger partial charge on any atom is -0.360 e. The molecule has 1 unspecified atom stereocenters. The third kappa shape index (κ3) is 3.68. The number of nitrogens with one attached hydrogen (secondary N) is 1. The van der Waals surface area contributed by atoms with Crippen LogP contribution in [0.5, 0.6) is 0 Å². The molecule has 0 spiro atoms. The highest BCUT2D eigenvalue weighted by Gasteiger charge is 2.32. The number of para-hydroxylation sites is 1. The minimum absolute atomic E-state index is 0.0360. The molecule has 0 bridgehead atoms. The number of carbonyl (C=O) groups excluding carboxylic acids is 1. The number of thiazole rings is 1. The summed E-state index contributed by atoms with van der Waals surface area (Å²) in [5, 5.41) is 9.65. The Hall–Kier alpha value is -3.13. The Morgan fingerprint density at radius 3 is 2.88 bits per heavy atom. The van der Waals surface area contributed by atoms with E-state index in [0.717, 1.165) is 47.2 Å². The van der Waals surface area contributed by atoms with Crippen LogP contribution in [0, 0.1) is 0 Å². The van der Waals surface area contributed by atoms with Crippen LogP contribution in [-0.4, -0.2) is 38.4 Å². The van der Waals surface area contributed by atoms with E-state index in [1.165, 1.54) is 0 Å². The highest BCUT2D eigenvalue weighted by atomic mass is 32.1. The predicted octanol–water partition coefficient (Wildman–Crippen LogP) is 5.27. The van der Waals surface area contributed by atoms with Gasteiger partial charge in [-0.25, -0.2) is 4.98 Å². The van der Waals surface area contributed by atoms with Gasteiger partial charge in [0.1, 0.15) is 16.2 Å². The van der Waals surface area contributed by atoms with E-state index in [1.54, 1.807) is 11.3 Å². The normalized spacial score (nSPS) is 16.6. The SMILES string of the molecule is CCc1noc(CC)c1C(=O)N1CCCC(c2nc(Nc3ccccc3)n3ccsc23)C1. The molecular weight excluding hydrogens is 422 g/mol. The van der Waals surface area contributed by atoms with E-state index in [9.17, 15) is 4.79 Å². The van der Waals surface area contributed by atoms with Gasteiger partial charge >= 0.3 is 0 Å². The molecular formula is C24H27N5O2S. The van der Waals surface area contributed by atoms with Crippen molar-refractivity contribution in [1.29, 1.82) is 0 Å². The van der Waals surface area contributed by atoms with Crippen molar-refractivity contribution in [2.45, 2.75) is 45.4 Å². The number of carbonyl (C=O) groups is 1. The molecule has 1 aliphatic rings. The van der Waals surface area contributed by atoms with Crippen LogP contribution in [-0.2, 0) is 12.8 Å². The van der Waals surface area contributed by atoms with E-state index in [2.05, 4.69) is 20.3 Å². The van der Waals surface area contributed by atoms with E-state index < -0.39 is 0 Å². The largest absolute Gasteiger partial charge is 0.360 e. The number of nitrogens with zero attached hydrogens (tertiary/aromatic N) is 4. The molecule has 1 N–H and O–H groups in total. The smallest absolute Gasteiger partial charge is 0.259 e. The van der Waals surface area contributed by atoms with Crippen LogP contribution in [0.4, 0.5) is 11.6 Å². The van der Waals surface area contributed by atoms with E-state index >= 15 is 0 Å². The van der Waals surface area contributed by atoms with Gasteiger partial charge in [-0.3, -0.25) is 9.20 Å². The molecule has 1 atom stereocenters. The fourth-order valence-electron chi connectivity index (χ4n) is 4.48. The number of piperidine rings is 1. The molecule has 0 saturated carbocycles. The van der Waals surface area contributed by atoms with Gasteiger partial charge in [0, 0.05) is 42.7 Å². The number of aromatic nitrogens is 3. The van der Waals surface area contributed by atoms with Gasteiger partial charge in [-0.15, -0.1) is 11.3 Å². The molecule has 1 amide bonds. The lowest BCUT2D eigenvalue weighted by atomic mass is 9.94. The lowest BCUT2D eigenvalue weighted by molar-refractivity contribution is 0.0703. The van der Waals surface area contributed by atoms with E-state index in [0.29, 0.717) is 30.7 Å². The molecule has 0 aliphatic carbocycles. The Labute approximate surface area is 191 Å². The van der Waals surface area contributed by atoms with Crippen molar-refractivity contribution in [3.8, 4) is 0 Å². The van der Waals surface area contributed by atoms with Crippen LogP contribution in [0.2, 0.25) is 0 Å². The van der Waals surface area contributed by atoms with Crippen molar-refractivity contribution in [3.63, 3.8) is 0 Å². The Morgan fingerprint density at radius 2 is 2.09 bits per heavy atom. The number of hydrogen-bond donors (Lipinski definition) is 1. The highest BCUT2D eigenvalue weighted by Crippen LogP contribution is 2.35. The number of aryl methyl sites for hydroxylation is 2. The lowest BCUT2D eigenvalue weighted by Gasteiger charge is -2.32. The maximum atomic E-state index is 13.4. The van der Waals surface area contributed by atoms with Crippen LogP contribution in [0.25, 0.3) is 4.83 Å². The van der Waals surface area contributed by atoms with Gasteiger partial charge < -0.3 is 14.7 Å². The number of fused-ring (bicyclic) bond motifs is 1. The van der Waals surface area contributed by atoms with Crippen LogP contribution in [0.15, 0.2) is 46.4 Å². The first-order valence-corrected chi connectivity index (χ1v) is 12.1. The summed E-state index contributed by atoms with van der Waals surface area (Å²) in [5.41, 5.74) is 3.48. The molecule has 166 valence electrons. The number of likely N-dealkylation sites (tertiary alicyclic amines) is 1. The van der Waals surface area contributed by atoms with Gasteiger partial charge in [0.25, 0.3) is 5.91 Å². The lowest BCUT2D eigenvalue weighted by Crippen LogP contribution is -2.39. The first-order valence-electron chi connectivity index (χ1n) is 11.2. The van der Waals surface area contributed by atoms with E-state index in [-0.39, 0.29) is 11.8 Å². The maximum Gasteiger partial charge on any atom is 0.259 e. The van der Waals surface area contributed by atoms with Crippen molar-refractivity contribution in [1.82, 2.24) is 19.4 Å². The monoisotopic (exact) mass is 449 g/mol. The fourth-order valence-corrected chi connectivity index (χ4v) is 5.39. The first kappa shape index (κ1) is 20.8. The molecule has 32 heavy (non-hydrogen) atoms. The zero-order valence-electron chi connectivity index (χ0n) is 18.4. The minimum atomic E-state index is 0.0360. The van der Waals surface area contributed by atoms with Crippen LogP contribution < -0.4 is 5.32 Å². The third-order valence-electron chi connectivity index (χ3n) is 6.11. The summed E-state index contributed by atoms with van der Waals surface area (Å²) >= 11 is 1.69. The predicted molar refractivity (Wildman–Crippen MR) is 126 cm³/mol. The van der Waals surface area contributed by atoms with Crippen LogP contribution in [0.3, 0.4) is 0 Å². The molecule has 1 saturated heterocycles. The second-order valence-electron chi connectivity index (χ2n) is 8.11. The number of anilines is 2. The van der Waals surface area contributed by atoms with Crippen molar-refractivity contribution in [2.24, 2.45) is 0 Å². The molecule has 4 heterocycles. The molecule has 7 nitrogen and oxygen atoms in total. The standard InChI is InChI=1S/C24H27N5O2S/c1-3-18-20(19(4-2)31-27-18)22(30)28-12-8-9-16(15-28)21-23-29(13-14-32-23)24(26-21)25-17-10-6-5-7-11-17/h5-7,10-11,13-14,16H,3-4,8-9,12,15H2,1-2H3,(H,25,26). The molecule has 1 fully saturated rings. The van der Waals surface area contributed by atoms with Crippen LogP contribution in [0.1, 0.15) is 60.1 Å². The van der Waals surface area contributed by atoms with Gasteiger partial charge in [-0.1, -0.05) is 37.2 Å². The van der Waals surface area contributed by atoms with Gasteiger partial charge in [-0.2, -0.15) is 0 Å². The van der Waals surface area contributed by atoms with Gasteiger partial charge in [0.2, 0.25) is 5.95 Å². The Kier molecular flexibility index (Phi) is 5.70. The molecule has 0 radical (unpaired) electrons. The second kappa shape index (κ2) is 8.78. The second-order valence-corrected chi connectivity index (χ2v) is 9.01. The Bertz CT molecular complexity index is 1200. The quantitative estimate of drug-likeness (QED) is 0.434. The summed E-state index contributed by atoms with van der Waals surface area (Å²) < 4.78 is 7.56. The zero-order chi connectivity index (χ0) is 22.1. The molecule has 1 aliphatic heterocycles. The molecule has 4 aromatic rings. The van der Waals surface area contributed by atoms with Crippen LogP contribution >= 0.6 is 11.3 Å². The summed E-state index contributed by atoms with van der Waals surface area (Å²) in [4.78, 5) is 21.5. The van der Waals surface area contributed by atoms with Crippen molar-refractivity contribution in [2.75, 3.05) is 18.4 Å². The number of benzene rings is 1. The summed E-state index contributed by atoms with van der Waals surface area (Å²) in [7, 11) is 0. The summed E-state index contributed by atoms with van der Waals surface area (Å²) in [6.07, 6.45) is 5.37. The zero-order valence-corrected chi connectivity index (χ0v) is 19.2. The maximum absolute atomic E-state index is 13.4. The first-order chi connectivity index (χ1) is 15.7. The Balaban J connectivity index is 1.42. The number of rotatable bonds is 6. The Morgan fingerprint density at radius 1 is 1.25 bits per heavy atom. The van der Waals surface area contributed by atoms with E-state index in [4.69, 9.17) is 9.51 Å². The fraction of sp³-hybridized carbons (Fsp3) is 0.375. The average Bonchev–Trinajstić information content (AvgIpc) is 3.55. The summed E-state index contributed by atoms with van der Waals surface area (Å²) in [6, 6.07) is 10.1. The number of hydrogen-bond acceptors (Lipinski definition) is 6. The van der Waals surface area contributed by atoms with E-state index in [1.807, 2.05) is 55.3 Å². The molecule has 1 aromatic carbocycles. The van der Waals surface area contributed by atoms with Gasteiger partial charge in [-0.05, 0) is 31.4 Å². The highest BCUT2D eigenvalue weighted by molar-refractivity contribution is 7.15. The molecule has 5 rings (SSSR count). The van der Waals surface area contributed by atoms with Crippen molar-refractivity contribution < 1.29 is 9.32 Å². The molecule has 8 heteroatoms.